The van der Waals surface area contributed by atoms with Crippen LogP contribution >= 0.6 is 0 Å². The molecule has 0 saturated carbocycles. The van der Waals surface area contributed by atoms with E-state index in [4.69, 9.17) is 14.2 Å². The Kier molecular flexibility index (Phi) is 8.51. The van der Waals surface area contributed by atoms with Crippen LogP contribution in [0.25, 0.3) is 6.08 Å². The summed E-state index contributed by atoms with van der Waals surface area (Å²) in [5.41, 5.74) is 2.06. The number of nitrogens with zero attached hydrogens (tertiary/aromatic N) is 1. The number of allylic oxidation sites excluding steroid dienone is 1. The van der Waals surface area contributed by atoms with Crippen molar-refractivity contribution in [1.29, 1.82) is 0 Å². The van der Waals surface area contributed by atoms with Crippen molar-refractivity contribution < 1.29 is 23.8 Å². The van der Waals surface area contributed by atoms with Crippen molar-refractivity contribution in [2.75, 3.05) is 26.4 Å². The maximum atomic E-state index is 13.1. The van der Waals surface area contributed by atoms with Crippen molar-refractivity contribution in [3.63, 3.8) is 0 Å². The Labute approximate surface area is 179 Å². The number of carbonyl (C=O) groups excluding carboxylic acids is 2. The van der Waals surface area contributed by atoms with E-state index in [1.165, 1.54) is 0 Å². The molecular weight excluding hydrogens is 382 g/mol. The van der Waals surface area contributed by atoms with Crippen LogP contribution < -0.4 is 9.47 Å². The van der Waals surface area contributed by atoms with Crippen molar-refractivity contribution in [3.8, 4) is 11.5 Å². The molecule has 164 valence electrons. The molecule has 0 unspecified atom stereocenters. The maximum Gasteiger partial charge on any atom is 0.340 e. The number of rotatable bonds is 10. The number of benzene rings is 1. The quantitative estimate of drug-likeness (QED) is 0.413. The first kappa shape index (κ1) is 23.5. The van der Waals surface area contributed by atoms with E-state index in [0.29, 0.717) is 48.1 Å². The fourth-order valence-electron chi connectivity index (χ4n) is 3.29. The zero-order valence-corrected chi connectivity index (χ0v) is 18.9. The molecule has 6 heteroatoms. The minimum Gasteiger partial charge on any atom is -0.490 e. The lowest BCUT2D eigenvalue weighted by molar-refractivity contribution is -0.138. The van der Waals surface area contributed by atoms with Crippen molar-refractivity contribution in [2.45, 2.75) is 48.0 Å². The van der Waals surface area contributed by atoms with Crippen molar-refractivity contribution in [1.82, 2.24) is 4.90 Å². The summed E-state index contributed by atoms with van der Waals surface area (Å²) in [6.07, 6.45) is 2.62. The van der Waals surface area contributed by atoms with Gasteiger partial charge in [-0.3, -0.25) is 4.79 Å². The van der Waals surface area contributed by atoms with Gasteiger partial charge in [-0.2, -0.15) is 0 Å². The van der Waals surface area contributed by atoms with E-state index in [1.807, 2.05) is 45.9 Å². The summed E-state index contributed by atoms with van der Waals surface area (Å²) < 4.78 is 16.7. The molecule has 0 atom stereocenters. The Morgan fingerprint density at radius 2 is 1.83 bits per heavy atom. The van der Waals surface area contributed by atoms with Crippen LogP contribution in [0, 0.1) is 5.92 Å². The third-order valence-electron chi connectivity index (χ3n) is 4.58. The van der Waals surface area contributed by atoms with E-state index < -0.39 is 5.97 Å². The average molecular weight is 416 g/mol. The second kappa shape index (κ2) is 10.9. The van der Waals surface area contributed by atoms with Crippen molar-refractivity contribution in [3.05, 3.63) is 40.6 Å². The molecule has 0 N–H and O–H groups in total. The van der Waals surface area contributed by atoms with E-state index >= 15 is 0 Å². The normalized spacial score (nSPS) is 15.4. The van der Waals surface area contributed by atoms with E-state index in [1.54, 1.807) is 24.8 Å². The number of hydrogen-bond acceptors (Lipinski definition) is 5. The highest BCUT2D eigenvalue weighted by Gasteiger charge is 2.37. The molecule has 1 aromatic rings. The highest BCUT2D eigenvalue weighted by atomic mass is 16.5. The Bertz CT molecular complexity index is 838. The largest absolute Gasteiger partial charge is 0.490 e. The molecule has 0 radical (unpaired) electrons. The molecule has 30 heavy (non-hydrogen) atoms. The Morgan fingerprint density at radius 3 is 2.43 bits per heavy atom. The number of carbonyl (C=O) groups is 2. The lowest BCUT2D eigenvalue weighted by Gasteiger charge is -2.20. The molecule has 1 aromatic carbocycles. The fraction of sp³-hybridized carbons (Fsp3) is 0.500. The zero-order valence-electron chi connectivity index (χ0n) is 18.9. The van der Waals surface area contributed by atoms with Gasteiger partial charge >= 0.3 is 5.97 Å². The molecule has 0 spiro atoms. The molecule has 0 bridgehead atoms. The molecule has 0 fully saturated rings. The van der Waals surface area contributed by atoms with Gasteiger partial charge in [0.05, 0.1) is 31.0 Å². The van der Waals surface area contributed by atoms with Crippen LogP contribution in [0.5, 0.6) is 11.5 Å². The van der Waals surface area contributed by atoms with Gasteiger partial charge in [-0.1, -0.05) is 26.8 Å². The molecule has 6 nitrogen and oxygen atoms in total. The van der Waals surface area contributed by atoms with Gasteiger partial charge in [0.15, 0.2) is 11.5 Å². The van der Waals surface area contributed by atoms with Gasteiger partial charge in [0.2, 0.25) is 0 Å². The summed E-state index contributed by atoms with van der Waals surface area (Å²) in [7, 11) is 0. The highest BCUT2D eigenvalue weighted by Crippen LogP contribution is 2.34. The molecule has 1 aliphatic rings. The van der Waals surface area contributed by atoms with Crippen LogP contribution in [0.15, 0.2) is 35.0 Å². The first-order valence-corrected chi connectivity index (χ1v) is 10.6. The predicted molar refractivity (Wildman–Crippen MR) is 117 cm³/mol. The molecule has 0 saturated heterocycles. The van der Waals surface area contributed by atoms with Gasteiger partial charge in [0, 0.05) is 12.2 Å². The topological polar surface area (TPSA) is 65.1 Å². The van der Waals surface area contributed by atoms with E-state index in [9.17, 15) is 9.59 Å². The summed E-state index contributed by atoms with van der Waals surface area (Å²) in [6.45, 7) is 13.4. The van der Waals surface area contributed by atoms with Crippen LogP contribution in [0.1, 0.15) is 53.5 Å². The van der Waals surface area contributed by atoms with Crippen LogP contribution in [-0.4, -0.2) is 43.1 Å². The van der Waals surface area contributed by atoms with Crippen LogP contribution in [0.4, 0.5) is 0 Å². The smallest absolute Gasteiger partial charge is 0.340 e. The predicted octanol–water partition coefficient (Wildman–Crippen LogP) is 4.59. The maximum absolute atomic E-state index is 13.1. The molecule has 1 amide bonds. The zero-order chi connectivity index (χ0) is 22.3. The molecule has 2 rings (SSSR count). The monoisotopic (exact) mass is 415 g/mol. The summed E-state index contributed by atoms with van der Waals surface area (Å²) in [6, 6.07) is 5.52. The van der Waals surface area contributed by atoms with Gasteiger partial charge < -0.3 is 19.1 Å². The van der Waals surface area contributed by atoms with Gasteiger partial charge in [0.1, 0.15) is 0 Å². The lowest BCUT2D eigenvalue weighted by atomic mass is 10.0. The van der Waals surface area contributed by atoms with E-state index in [-0.39, 0.29) is 18.4 Å². The van der Waals surface area contributed by atoms with Crippen LogP contribution in [0.3, 0.4) is 0 Å². The third kappa shape index (κ3) is 5.43. The Balaban J connectivity index is 2.49. The second-order valence-corrected chi connectivity index (χ2v) is 7.54. The Hall–Kier alpha value is -2.76. The molecule has 0 aliphatic carbocycles. The number of hydrogen-bond donors (Lipinski definition) is 0. The number of esters is 1. The Morgan fingerprint density at radius 1 is 1.10 bits per heavy atom. The summed E-state index contributed by atoms with van der Waals surface area (Å²) >= 11 is 0. The number of ether oxygens (including phenoxy) is 3. The third-order valence-corrected chi connectivity index (χ3v) is 4.58. The molecule has 1 heterocycles. The SMILES string of the molecule is CCCOc1ccc(/C=C2\C(=O)N(CC(C)C)C(C)=C2C(=O)OCC)cc1OCC. The molecule has 0 aromatic heterocycles. The molecular formula is C24H33NO5. The second-order valence-electron chi connectivity index (χ2n) is 7.54. The minimum absolute atomic E-state index is 0.187. The summed E-state index contributed by atoms with van der Waals surface area (Å²) in [4.78, 5) is 27.4. The average Bonchev–Trinajstić information content (AvgIpc) is 2.92. The fourth-order valence-corrected chi connectivity index (χ4v) is 3.29. The van der Waals surface area contributed by atoms with E-state index in [0.717, 1.165) is 12.0 Å². The molecule has 1 aliphatic heterocycles. The lowest BCUT2D eigenvalue weighted by Crippen LogP contribution is -2.28. The van der Waals surface area contributed by atoms with Gasteiger partial charge in [-0.15, -0.1) is 0 Å². The van der Waals surface area contributed by atoms with Gasteiger partial charge in [-0.05, 0) is 56.9 Å². The highest BCUT2D eigenvalue weighted by molar-refractivity contribution is 6.16. The summed E-state index contributed by atoms with van der Waals surface area (Å²) in [5, 5.41) is 0. The van der Waals surface area contributed by atoms with Gasteiger partial charge in [0.25, 0.3) is 5.91 Å². The van der Waals surface area contributed by atoms with Crippen LogP contribution in [0.2, 0.25) is 0 Å². The van der Waals surface area contributed by atoms with Crippen LogP contribution in [-0.2, 0) is 14.3 Å². The van der Waals surface area contributed by atoms with E-state index in [2.05, 4.69) is 0 Å². The summed E-state index contributed by atoms with van der Waals surface area (Å²) in [5.74, 6) is 0.883. The first-order valence-electron chi connectivity index (χ1n) is 10.6. The van der Waals surface area contributed by atoms with Crippen molar-refractivity contribution in [2.24, 2.45) is 5.92 Å². The first-order chi connectivity index (χ1) is 14.3. The minimum atomic E-state index is -0.478. The van der Waals surface area contributed by atoms with Crippen molar-refractivity contribution >= 4 is 18.0 Å². The van der Waals surface area contributed by atoms with Gasteiger partial charge in [-0.25, -0.2) is 4.79 Å². The number of amides is 1. The standard InChI is InChI=1S/C24H33NO5/c1-7-12-30-20-11-10-18(14-21(20)28-8-2)13-19-22(24(27)29-9-3)17(6)25(23(19)26)15-16(4)5/h10-11,13-14,16H,7-9,12,15H2,1-6H3/b19-13-.